The zero-order valence-corrected chi connectivity index (χ0v) is 19.4. The van der Waals surface area contributed by atoms with Gasteiger partial charge >= 0.3 is 0 Å². The van der Waals surface area contributed by atoms with Crippen LogP contribution in [0.4, 0.5) is 4.39 Å². The first-order valence-corrected chi connectivity index (χ1v) is 11.9. The van der Waals surface area contributed by atoms with Crippen molar-refractivity contribution in [3.8, 4) is 11.5 Å². The Morgan fingerprint density at radius 3 is 2.77 bits per heavy atom. The molecule has 0 radical (unpaired) electrons. The molecule has 5 rings (SSSR count). The van der Waals surface area contributed by atoms with Crippen LogP contribution in [0.3, 0.4) is 0 Å². The molecular weight excluding hydrogens is 463 g/mol. The van der Waals surface area contributed by atoms with E-state index < -0.39 is 5.82 Å². The highest BCUT2D eigenvalue weighted by molar-refractivity contribution is 7.98. The van der Waals surface area contributed by atoms with Gasteiger partial charge in [-0.2, -0.15) is 0 Å². The number of rotatable bonds is 8. The zero-order chi connectivity index (χ0) is 24.0. The fourth-order valence-corrected chi connectivity index (χ4v) is 4.47. The maximum absolute atomic E-state index is 14.5. The standard InChI is InChI=1S/C27H21FN4O2S/c28-23-14-19(10-11-24(23)34-21-6-5-12-29-16-21)15-30-27(33)22-7-1-2-8-25(22)35-18-20-17-32-13-4-3-9-26(32)31-20/h1-14,16-17H,15,18H2,(H,30,33). The minimum Gasteiger partial charge on any atom is -0.453 e. The molecule has 0 atom stereocenters. The molecule has 5 aromatic rings. The van der Waals surface area contributed by atoms with E-state index in [1.807, 2.05) is 53.2 Å². The molecule has 0 aliphatic heterocycles. The molecule has 3 aromatic heterocycles. The van der Waals surface area contributed by atoms with Crippen molar-refractivity contribution in [3.05, 3.63) is 120 Å². The number of fused-ring (bicyclic) bond motifs is 1. The van der Waals surface area contributed by atoms with Crippen molar-refractivity contribution in [2.75, 3.05) is 0 Å². The Morgan fingerprint density at radius 1 is 1.06 bits per heavy atom. The largest absolute Gasteiger partial charge is 0.453 e. The van der Waals surface area contributed by atoms with Gasteiger partial charge in [0.2, 0.25) is 0 Å². The number of pyridine rings is 2. The van der Waals surface area contributed by atoms with Crippen LogP contribution in [0.25, 0.3) is 5.65 Å². The normalized spacial score (nSPS) is 10.9. The van der Waals surface area contributed by atoms with Gasteiger partial charge in [-0.25, -0.2) is 9.37 Å². The number of thioether (sulfide) groups is 1. The van der Waals surface area contributed by atoms with E-state index in [1.165, 1.54) is 12.3 Å². The zero-order valence-electron chi connectivity index (χ0n) is 18.6. The van der Waals surface area contributed by atoms with Gasteiger partial charge in [0.25, 0.3) is 5.91 Å². The Bertz CT molecular complexity index is 1440. The number of aromatic nitrogens is 3. The van der Waals surface area contributed by atoms with Gasteiger partial charge < -0.3 is 14.5 Å². The Hall–Kier alpha value is -4.17. The number of hydrogen-bond donors (Lipinski definition) is 1. The van der Waals surface area contributed by atoms with Gasteiger partial charge in [0, 0.05) is 35.8 Å². The lowest BCUT2D eigenvalue weighted by Gasteiger charge is -2.11. The number of benzene rings is 2. The van der Waals surface area contributed by atoms with Crippen LogP contribution >= 0.6 is 11.8 Å². The van der Waals surface area contributed by atoms with Crippen LogP contribution in [0.5, 0.6) is 11.5 Å². The summed E-state index contributed by atoms with van der Waals surface area (Å²) in [4.78, 5) is 22.3. The van der Waals surface area contributed by atoms with Gasteiger partial charge in [-0.05, 0) is 54.1 Å². The van der Waals surface area contributed by atoms with E-state index >= 15 is 0 Å². The summed E-state index contributed by atoms with van der Waals surface area (Å²) in [5.41, 5.74) is 3.01. The maximum Gasteiger partial charge on any atom is 0.252 e. The number of ether oxygens (including phenoxy) is 1. The molecule has 0 unspecified atom stereocenters. The van der Waals surface area contributed by atoms with Crippen LogP contribution < -0.4 is 10.1 Å². The number of nitrogens with zero attached hydrogens (tertiary/aromatic N) is 3. The number of amides is 1. The van der Waals surface area contributed by atoms with E-state index in [2.05, 4.69) is 15.3 Å². The van der Waals surface area contributed by atoms with Crippen molar-refractivity contribution < 1.29 is 13.9 Å². The molecule has 0 saturated carbocycles. The second kappa shape index (κ2) is 10.4. The minimum absolute atomic E-state index is 0.0989. The Balaban J connectivity index is 1.22. The van der Waals surface area contributed by atoms with Crippen molar-refractivity contribution in [3.63, 3.8) is 0 Å². The summed E-state index contributed by atoms with van der Waals surface area (Å²) >= 11 is 1.55. The van der Waals surface area contributed by atoms with E-state index in [1.54, 1.807) is 48.3 Å². The third-order valence-electron chi connectivity index (χ3n) is 5.23. The molecule has 0 aliphatic rings. The molecular formula is C27H21FN4O2S. The quantitative estimate of drug-likeness (QED) is 0.279. The predicted molar refractivity (Wildman–Crippen MR) is 133 cm³/mol. The van der Waals surface area contributed by atoms with Gasteiger partial charge in [0.1, 0.15) is 11.4 Å². The average molecular weight is 485 g/mol. The Labute approximate surface area is 205 Å². The molecule has 8 heteroatoms. The fraction of sp³-hybridized carbons (Fsp3) is 0.0741. The molecule has 0 aliphatic carbocycles. The van der Waals surface area contributed by atoms with Gasteiger partial charge in [0.15, 0.2) is 11.6 Å². The van der Waals surface area contributed by atoms with Crippen molar-refractivity contribution >= 4 is 23.3 Å². The SMILES string of the molecule is O=C(NCc1ccc(Oc2cccnc2)c(F)c1)c1ccccc1SCc1cn2ccccc2n1. The summed E-state index contributed by atoms with van der Waals surface area (Å²) < 4.78 is 22.0. The second-order valence-electron chi connectivity index (χ2n) is 7.72. The molecule has 1 N–H and O–H groups in total. The summed E-state index contributed by atoms with van der Waals surface area (Å²) in [5.74, 6) is 0.449. The first-order valence-electron chi connectivity index (χ1n) is 10.9. The van der Waals surface area contributed by atoms with Crippen molar-refractivity contribution in [2.24, 2.45) is 0 Å². The molecule has 1 amide bonds. The van der Waals surface area contributed by atoms with Crippen molar-refractivity contribution in [1.82, 2.24) is 19.7 Å². The number of nitrogens with one attached hydrogen (secondary N) is 1. The van der Waals surface area contributed by atoms with Gasteiger partial charge in [0.05, 0.1) is 17.5 Å². The first-order chi connectivity index (χ1) is 17.2. The number of carbonyl (C=O) groups is 1. The highest BCUT2D eigenvalue weighted by Crippen LogP contribution is 2.27. The predicted octanol–water partition coefficient (Wildman–Crippen LogP) is 5.88. The number of carbonyl (C=O) groups excluding carboxylic acids is 1. The highest BCUT2D eigenvalue weighted by atomic mass is 32.2. The van der Waals surface area contributed by atoms with Crippen LogP contribution in [-0.4, -0.2) is 20.3 Å². The molecule has 0 saturated heterocycles. The van der Waals surface area contributed by atoms with Crippen molar-refractivity contribution in [2.45, 2.75) is 17.2 Å². The molecule has 0 fully saturated rings. The summed E-state index contributed by atoms with van der Waals surface area (Å²) in [6.07, 6.45) is 7.07. The molecule has 6 nitrogen and oxygen atoms in total. The van der Waals surface area contributed by atoms with Gasteiger partial charge in [-0.15, -0.1) is 11.8 Å². The fourth-order valence-electron chi connectivity index (χ4n) is 3.54. The van der Waals surface area contributed by atoms with E-state index in [-0.39, 0.29) is 18.2 Å². The van der Waals surface area contributed by atoms with E-state index in [0.717, 1.165) is 16.2 Å². The minimum atomic E-state index is -0.510. The van der Waals surface area contributed by atoms with Crippen LogP contribution in [0.15, 0.2) is 102 Å². The molecule has 174 valence electrons. The lowest BCUT2D eigenvalue weighted by atomic mass is 10.2. The number of imidazole rings is 1. The number of halogens is 1. The maximum atomic E-state index is 14.5. The lowest BCUT2D eigenvalue weighted by molar-refractivity contribution is 0.0948. The summed E-state index contributed by atoms with van der Waals surface area (Å²) in [6.45, 7) is 0.189. The van der Waals surface area contributed by atoms with Gasteiger partial charge in [-0.1, -0.05) is 24.3 Å². The first kappa shape index (κ1) is 22.6. The Kier molecular flexibility index (Phi) is 6.72. The average Bonchev–Trinajstić information content (AvgIpc) is 3.31. The monoisotopic (exact) mass is 484 g/mol. The Morgan fingerprint density at radius 2 is 1.94 bits per heavy atom. The highest BCUT2D eigenvalue weighted by Gasteiger charge is 2.13. The second-order valence-corrected chi connectivity index (χ2v) is 8.74. The van der Waals surface area contributed by atoms with Crippen LogP contribution in [0.2, 0.25) is 0 Å². The molecule has 2 aromatic carbocycles. The summed E-state index contributed by atoms with van der Waals surface area (Å²) in [7, 11) is 0. The molecule has 0 spiro atoms. The molecule has 0 bridgehead atoms. The van der Waals surface area contributed by atoms with E-state index in [0.29, 0.717) is 22.6 Å². The summed E-state index contributed by atoms with van der Waals surface area (Å²) in [5, 5.41) is 2.88. The number of hydrogen-bond acceptors (Lipinski definition) is 5. The third kappa shape index (κ3) is 5.50. The smallest absolute Gasteiger partial charge is 0.252 e. The van der Waals surface area contributed by atoms with Crippen molar-refractivity contribution in [1.29, 1.82) is 0 Å². The van der Waals surface area contributed by atoms with Crippen LogP contribution in [0.1, 0.15) is 21.6 Å². The molecule has 35 heavy (non-hydrogen) atoms. The summed E-state index contributed by atoms with van der Waals surface area (Å²) in [6, 6.07) is 21.3. The van der Waals surface area contributed by atoms with E-state index in [4.69, 9.17) is 4.74 Å². The van der Waals surface area contributed by atoms with Crippen LogP contribution in [-0.2, 0) is 12.3 Å². The third-order valence-corrected chi connectivity index (χ3v) is 6.34. The van der Waals surface area contributed by atoms with E-state index in [9.17, 15) is 9.18 Å². The van der Waals surface area contributed by atoms with Crippen LogP contribution in [0, 0.1) is 5.82 Å². The van der Waals surface area contributed by atoms with Gasteiger partial charge in [-0.3, -0.25) is 9.78 Å². The topological polar surface area (TPSA) is 68.5 Å². The lowest BCUT2D eigenvalue weighted by Crippen LogP contribution is -2.23. The molecule has 3 heterocycles.